The van der Waals surface area contributed by atoms with E-state index in [1.54, 1.807) is 13.8 Å². The number of carbonyl (C=O) groups excluding carboxylic acids is 1. The molecular formula is C11H22O2. The molecule has 2 nitrogen and oxygen atoms in total. The van der Waals surface area contributed by atoms with Gasteiger partial charge < -0.3 is 5.11 Å². The van der Waals surface area contributed by atoms with Gasteiger partial charge in [-0.2, -0.15) is 0 Å². The molecule has 0 atom stereocenters. The molecular weight excluding hydrogens is 164 g/mol. The molecule has 0 aromatic rings. The van der Waals surface area contributed by atoms with Crippen LogP contribution in [0.15, 0.2) is 0 Å². The fourth-order valence-electron chi connectivity index (χ4n) is 1.06. The maximum absolute atomic E-state index is 11.5. The molecule has 0 rings (SSSR count). The van der Waals surface area contributed by atoms with Crippen molar-refractivity contribution in [1.82, 2.24) is 0 Å². The smallest absolute Gasteiger partial charge is 0.138 e. The number of Topliss-reactive ketones (excluding diaryl/α,β-unsaturated/α-hetero) is 1. The van der Waals surface area contributed by atoms with Crippen LogP contribution in [0.25, 0.3) is 0 Å². The van der Waals surface area contributed by atoms with E-state index in [4.69, 9.17) is 0 Å². The van der Waals surface area contributed by atoms with Gasteiger partial charge in [0.2, 0.25) is 0 Å². The highest BCUT2D eigenvalue weighted by Gasteiger charge is 2.21. The Bertz CT molecular complexity index is 170. The van der Waals surface area contributed by atoms with Crippen LogP contribution in [0, 0.1) is 5.41 Å². The Morgan fingerprint density at radius 1 is 1.15 bits per heavy atom. The fraction of sp³-hybridized carbons (Fsp3) is 0.909. The van der Waals surface area contributed by atoms with E-state index >= 15 is 0 Å². The Balaban J connectivity index is 3.74. The molecule has 0 bridgehead atoms. The molecule has 0 aliphatic rings. The number of hydrogen-bond donors (Lipinski definition) is 1. The highest BCUT2D eigenvalue weighted by atomic mass is 16.3. The van der Waals surface area contributed by atoms with Crippen LogP contribution in [0.5, 0.6) is 0 Å². The van der Waals surface area contributed by atoms with Crippen LogP contribution >= 0.6 is 0 Å². The summed E-state index contributed by atoms with van der Waals surface area (Å²) >= 11 is 0. The molecule has 0 aromatic heterocycles. The van der Waals surface area contributed by atoms with E-state index in [1.165, 1.54) is 0 Å². The van der Waals surface area contributed by atoms with E-state index in [0.717, 1.165) is 6.42 Å². The third-order valence-corrected chi connectivity index (χ3v) is 2.03. The summed E-state index contributed by atoms with van der Waals surface area (Å²) in [5.41, 5.74) is -0.877. The van der Waals surface area contributed by atoms with Gasteiger partial charge in [-0.25, -0.2) is 0 Å². The highest BCUT2D eigenvalue weighted by Crippen LogP contribution is 2.20. The maximum atomic E-state index is 11.5. The van der Waals surface area contributed by atoms with Crippen molar-refractivity contribution < 1.29 is 9.90 Å². The van der Waals surface area contributed by atoms with Gasteiger partial charge in [0.25, 0.3) is 0 Å². The molecule has 2 heteroatoms. The van der Waals surface area contributed by atoms with Crippen molar-refractivity contribution in [1.29, 1.82) is 0 Å². The van der Waals surface area contributed by atoms with Gasteiger partial charge in [-0.1, -0.05) is 20.8 Å². The summed E-state index contributed by atoms with van der Waals surface area (Å²) in [6.45, 7) is 9.33. The van der Waals surface area contributed by atoms with Crippen LogP contribution in [-0.4, -0.2) is 16.5 Å². The van der Waals surface area contributed by atoms with E-state index in [9.17, 15) is 9.90 Å². The predicted octanol–water partition coefficient (Wildman–Crippen LogP) is 2.54. The molecule has 0 unspecified atom stereocenters. The van der Waals surface area contributed by atoms with E-state index in [-0.39, 0.29) is 11.2 Å². The highest BCUT2D eigenvalue weighted by molar-refractivity contribution is 5.83. The lowest BCUT2D eigenvalue weighted by Gasteiger charge is -2.19. The lowest BCUT2D eigenvalue weighted by Crippen LogP contribution is -2.22. The van der Waals surface area contributed by atoms with Crippen molar-refractivity contribution >= 4 is 5.78 Å². The molecule has 0 saturated carbocycles. The fourth-order valence-corrected chi connectivity index (χ4v) is 1.06. The minimum Gasteiger partial charge on any atom is -0.390 e. The van der Waals surface area contributed by atoms with Gasteiger partial charge in [0, 0.05) is 11.8 Å². The first kappa shape index (κ1) is 12.6. The van der Waals surface area contributed by atoms with Crippen LogP contribution < -0.4 is 0 Å². The molecule has 0 aliphatic heterocycles. The number of rotatable bonds is 4. The number of carbonyl (C=O) groups is 1. The minimum absolute atomic E-state index is 0.237. The van der Waals surface area contributed by atoms with Crippen LogP contribution in [0.4, 0.5) is 0 Å². The second-order valence-corrected chi connectivity index (χ2v) is 5.34. The second-order valence-electron chi connectivity index (χ2n) is 5.34. The Morgan fingerprint density at radius 3 is 1.92 bits per heavy atom. The van der Waals surface area contributed by atoms with E-state index in [2.05, 4.69) is 0 Å². The monoisotopic (exact) mass is 186 g/mol. The molecule has 13 heavy (non-hydrogen) atoms. The van der Waals surface area contributed by atoms with Crippen molar-refractivity contribution in [3.63, 3.8) is 0 Å². The normalized spacial score (nSPS) is 13.1. The van der Waals surface area contributed by atoms with Crippen molar-refractivity contribution in [2.24, 2.45) is 5.41 Å². The minimum atomic E-state index is -0.641. The average molecular weight is 186 g/mol. The molecule has 1 N–H and O–H groups in total. The van der Waals surface area contributed by atoms with Gasteiger partial charge >= 0.3 is 0 Å². The number of hydrogen-bond acceptors (Lipinski definition) is 2. The van der Waals surface area contributed by atoms with E-state index < -0.39 is 5.60 Å². The predicted molar refractivity (Wildman–Crippen MR) is 54.6 cm³/mol. The Hall–Kier alpha value is -0.370. The van der Waals surface area contributed by atoms with Gasteiger partial charge in [-0.3, -0.25) is 4.79 Å². The molecule has 0 spiro atoms. The molecule has 0 radical (unpaired) electrons. The zero-order chi connectivity index (χ0) is 10.7. The SMILES string of the molecule is CC(C)(O)CCCC(=O)C(C)(C)C. The second kappa shape index (κ2) is 4.23. The molecule has 0 saturated heterocycles. The first-order valence-electron chi connectivity index (χ1n) is 4.88. The summed E-state index contributed by atoms with van der Waals surface area (Å²) < 4.78 is 0. The summed E-state index contributed by atoms with van der Waals surface area (Å²) in [7, 11) is 0. The molecule has 0 heterocycles. The number of aliphatic hydroxyl groups is 1. The summed E-state index contributed by atoms with van der Waals surface area (Å²) in [4.78, 5) is 11.5. The van der Waals surface area contributed by atoms with Crippen molar-refractivity contribution in [3.8, 4) is 0 Å². The van der Waals surface area contributed by atoms with Crippen LogP contribution in [0.2, 0.25) is 0 Å². The lowest BCUT2D eigenvalue weighted by atomic mass is 9.87. The molecule has 0 amide bonds. The Kier molecular flexibility index (Phi) is 4.11. The topological polar surface area (TPSA) is 37.3 Å². The van der Waals surface area contributed by atoms with Gasteiger partial charge in [0.05, 0.1) is 5.60 Å². The van der Waals surface area contributed by atoms with Gasteiger partial charge in [-0.15, -0.1) is 0 Å². The summed E-state index contributed by atoms with van der Waals surface area (Å²) in [6.07, 6.45) is 2.04. The molecule has 0 fully saturated rings. The van der Waals surface area contributed by atoms with Crippen LogP contribution in [0.3, 0.4) is 0 Å². The van der Waals surface area contributed by atoms with Crippen molar-refractivity contribution in [2.45, 2.75) is 59.5 Å². The molecule has 0 aliphatic carbocycles. The van der Waals surface area contributed by atoms with Gasteiger partial charge in [0.1, 0.15) is 5.78 Å². The van der Waals surface area contributed by atoms with Crippen LogP contribution in [0.1, 0.15) is 53.9 Å². The largest absolute Gasteiger partial charge is 0.390 e. The standard InChI is InChI=1S/C11H22O2/c1-10(2,3)9(12)7-6-8-11(4,5)13/h13H,6-8H2,1-5H3. The van der Waals surface area contributed by atoms with Gasteiger partial charge in [0.15, 0.2) is 0 Å². The van der Waals surface area contributed by atoms with E-state index in [1.807, 2.05) is 20.8 Å². The Morgan fingerprint density at radius 2 is 1.62 bits per heavy atom. The number of ketones is 1. The van der Waals surface area contributed by atoms with Gasteiger partial charge in [-0.05, 0) is 26.7 Å². The maximum Gasteiger partial charge on any atom is 0.138 e. The Labute approximate surface area is 81.3 Å². The first-order chi connectivity index (χ1) is 5.63. The summed E-state index contributed by atoms with van der Waals surface area (Å²) in [6, 6.07) is 0. The summed E-state index contributed by atoms with van der Waals surface area (Å²) in [5, 5.41) is 9.42. The zero-order valence-corrected chi connectivity index (χ0v) is 9.48. The van der Waals surface area contributed by atoms with Crippen LogP contribution in [-0.2, 0) is 4.79 Å². The quantitative estimate of drug-likeness (QED) is 0.732. The lowest BCUT2D eigenvalue weighted by molar-refractivity contribution is -0.126. The van der Waals surface area contributed by atoms with Crippen molar-refractivity contribution in [2.75, 3.05) is 0 Å². The van der Waals surface area contributed by atoms with E-state index in [0.29, 0.717) is 12.8 Å². The third kappa shape index (κ3) is 6.76. The molecule has 0 aromatic carbocycles. The first-order valence-corrected chi connectivity index (χ1v) is 4.88. The zero-order valence-electron chi connectivity index (χ0n) is 9.48. The average Bonchev–Trinajstić information content (AvgIpc) is 1.82. The summed E-state index contributed by atoms with van der Waals surface area (Å²) in [5.74, 6) is 0.275. The third-order valence-electron chi connectivity index (χ3n) is 2.03. The molecule has 78 valence electrons. The van der Waals surface area contributed by atoms with Crippen molar-refractivity contribution in [3.05, 3.63) is 0 Å².